The molecular weight excluding hydrogens is 358 g/mol. The number of benzene rings is 1. The zero-order valence-electron chi connectivity index (χ0n) is 16.1. The molecule has 6 heteroatoms. The average Bonchev–Trinajstić information content (AvgIpc) is 2.99. The Bertz CT molecular complexity index is 709. The van der Waals surface area contributed by atoms with Crippen LogP contribution < -0.4 is 10.2 Å². The van der Waals surface area contributed by atoms with Crippen LogP contribution in [0.2, 0.25) is 0 Å². The standard InChI is InChI=1S/C21H29N3O2S/c1-16-6-5-9-18(14-16)24-19(25)15-27-21(24)10-12-23(13-11-21)20(26)22-17-7-3-2-4-8-17/h5-6,9,14,17H,2-4,7-8,10-13,15H2,1H3,(H,22,26). The summed E-state index contributed by atoms with van der Waals surface area (Å²) >= 11 is 1.75. The summed E-state index contributed by atoms with van der Waals surface area (Å²) in [4.78, 5) is 29.0. The number of likely N-dealkylation sites (tertiary alicyclic amines) is 1. The molecule has 27 heavy (non-hydrogen) atoms. The van der Waals surface area contributed by atoms with E-state index in [0.717, 1.165) is 36.9 Å². The van der Waals surface area contributed by atoms with Gasteiger partial charge in [0.1, 0.15) is 0 Å². The van der Waals surface area contributed by atoms with Crippen LogP contribution in [-0.4, -0.2) is 46.6 Å². The minimum Gasteiger partial charge on any atom is -0.335 e. The number of hydrogen-bond acceptors (Lipinski definition) is 3. The van der Waals surface area contributed by atoms with Crippen molar-refractivity contribution in [3.8, 4) is 0 Å². The number of anilines is 1. The van der Waals surface area contributed by atoms with E-state index in [-0.39, 0.29) is 16.8 Å². The van der Waals surface area contributed by atoms with Gasteiger partial charge in [-0.15, -0.1) is 11.8 Å². The average molecular weight is 388 g/mol. The first-order valence-electron chi connectivity index (χ1n) is 10.2. The molecule has 1 saturated carbocycles. The molecule has 0 unspecified atom stereocenters. The minimum atomic E-state index is -0.202. The quantitative estimate of drug-likeness (QED) is 0.837. The molecule has 1 aromatic carbocycles. The van der Waals surface area contributed by atoms with Crippen LogP contribution >= 0.6 is 11.8 Å². The number of amides is 3. The fraction of sp³-hybridized carbons (Fsp3) is 0.619. The van der Waals surface area contributed by atoms with Gasteiger partial charge in [0.15, 0.2) is 0 Å². The first-order chi connectivity index (χ1) is 13.1. The predicted molar refractivity (Wildman–Crippen MR) is 110 cm³/mol. The van der Waals surface area contributed by atoms with Crippen LogP contribution in [0.15, 0.2) is 24.3 Å². The van der Waals surface area contributed by atoms with Gasteiger partial charge in [-0.1, -0.05) is 31.4 Å². The SMILES string of the molecule is Cc1cccc(N2C(=O)CSC23CCN(C(=O)NC2CCCCC2)CC3)c1. The second kappa shape index (κ2) is 7.74. The maximum atomic E-state index is 12.7. The second-order valence-corrected chi connectivity index (χ2v) is 9.41. The van der Waals surface area contributed by atoms with Crippen LogP contribution in [0.1, 0.15) is 50.5 Å². The van der Waals surface area contributed by atoms with Crippen LogP contribution in [0.3, 0.4) is 0 Å². The van der Waals surface area contributed by atoms with E-state index in [4.69, 9.17) is 0 Å². The summed E-state index contributed by atoms with van der Waals surface area (Å²) in [7, 11) is 0. The lowest BCUT2D eigenvalue weighted by atomic mass is 9.95. The van der Waals surface area contributed by atoms with E-state index in [1.165, 1.54) is 19.3 Å². The van der Waals surface area contributed by atoms with Crippen LogP contribution in [0.25, 0.3) is 0 Å². The van der Waals surface area contributed by atoms with Crippen LogP contribution in [0.4, 0.5) is 10.5 Å². The van der Waals surface area contributed by atoms with E-state index in [0.29, 0.717) is 24.9 Å². The highest BCUT2D eigenvalue weighted by molar-refractivity contribution is 8.02. The number of urea groups is 1. The van der Waals surface area contributed by atoms with Crippen molar-refractivity contribution in [2.24, 2.45) is 0 Å². The molecule has 2 saturated heterocycles. The Kier molecular flexibility index (Phi) is 5.35. The van der Waals surface area contributed by atoms with Crippen LogP contribution in [0, 0.1) is 6.92 Å². The van der Waals surface area contributed by atoms with Crippen molar-refractivity contribution < 1.29 is 9.59 Å². The fourth-order valence-corrected chi connectivity index (χ4v) is 5.97. The van der Waals surface area contributed by atoms with E-state index < -0.39 is 0 Å². The Morgan fingerprint density at radius 2 is 1.93 bits per heavy atom. The number of carbonyl (C=O) groups excluding carboxylic acids is 2. The first kappa shape index (κ1) is 18.7. The molecule has 0 atom stereocenters. The zero-order chi connectivity index (χ0) is 18.9. The molecule has 2 heterocycles. The monoisotopic (exact) mass is 387 g/mol. The highest BCUT2D eigenvalue weighted by atomic mass is 32.2. The van der Waals surface area contributed by atoms with Gasteiger partial charge in [-0.2, -0.15) is 0 Å². The Labute approximate surface area is 165 Å². The van der Waals surface area contributed by atoms with Gasteiger partial charge in [-0.3, -0.25) is 9.69 Å². The smallest absolute Gasteiger partial charge is 0.317 e. The Morgan fingerprint density at radius 1 is 1.19 bits per heavy atom. The fourth-order valence-electron chi connectivity index (χ4n) is 4.64. The number of rotatable bonds is 2. The summed E-state index contributed by atoms with van der Waals surface area (Å²) in [5.41, 5.74) is 2.15. The van der Waals surface area contributed by atoms with Crippen LogP contribution in [-0.2, 0) is 4.79 Å². The highest BCUT2D eigenvalue weighted by Gasteiger charge is 2.49. The second-order valence-electron chi connectivity index (χ2n) is 8.07. The molecule has 3 amide bonds. The molecule has 0 radical (unpaired) electrons. The summed E-state index contributed by atoms with van der Waals surface area (Å²) in [5, 5.41) is 3.23. The van der Waals surface area contributed by atoms with E-state index >= 15 is 0 Å². The number of thioether (sulfide) groups is 1. The van der Waals surface area contributed by atoms with E-state index in [1.807, 2.05) is 21.9 Å². The molecule has 3 fully saturated rings. The number of carbonyl (C=O) groups is 2. The number of piperidine rings is 1. The van der Waals surface area contributed by atoms with E-state index in [2.05, 4.69) is 24.4 Å². The molecule has 1 spiro atoms. The van der Waals surface area contributed by atoms with E-state index in [1.54, 1.807) is 11.8 Å². The molecular formula is C21H29N3O2S. The minimum absolute atomic E-state index is 0.0770. The number of hydrogen-bond donors (Lipinski definition) is 1. The lowest BCUT2D eigenvalue weighted by Crippen LogP contribution is -2.55. The maximum Gasteiger partial charge on any atom is 0.317 e. The van der Waals surface area contributed by atoms with Crippen LogP contribution in [0.5, 0.6) is 0 Å². The predicted octanol–water partition coefficient (Wildman–Crippen LogP) is 3.91. The zero-order valence-corrected chi connectivity index (χ0v) is 16.9. The molecule has 0 bridgehead atoms. The maximum absolute atomic E-state index is 12.7. The molecule has 0 aromatic heterocycles. The number of aryl methyl sites for hydroxylation is 1. The topological polar surface area (TPSA) is 52.7 Å². The van der Waals surface area contributed by atoms with E-state index in [9.17, 15) is 9.59 Å². The van der Waals surface area contributed by atoms with Gasteiger partial charge in [0.2, 0.25) is 5.91 Å². The molecule has 2 aliphatic heterocycles. The highest BCUT2D eigenvalue weighted by Crippen LogP contribution is 2.46. The van der Waals surface area contributed by atoms with Crippen molar-refractivity contribution in [3.63, 3.8) is 0 Å². The molecule has 3 aliphatic rings. The number of nitrogens with zero attached hydrogens (tertiary/aromatic N) is 2. The summed E-state index contributed by atoms with van der Waals surface area (Å²) < 4.78 is 0. The van der Waals surface area contributed by atoms with Crippen molar-refractivity contribution in [1.82, 2.24) is 10.2 Å². The third kappa shape index (κ3) is 3.82. The summed E-state index contributed by atoms with van der Waals surface area (Å²) in [6.07, 6.45) is 7.60. The molecule has 1 N–H and O–H groups in total. The van der Waals surface area contributed by atoms with Crippen molar-refractivity contribution >= 4 is 29.4 Å². The van der Waals surface area contributed by atoms with Gasteiger partial charge < -0.3 is 10.2 Å². The molecule has 1 aromatic rings. The van der Waals surface area contributed by atoms with Gasteiger partial charge in [-0.05, 0) is 50.3 Å². The Morgan fingerprint density at radius 3 is 2.63 bits per heavy atom. The van der Waals surface area contributed by atoms with Gasteiger partial charge in [0.25, 0.3) is 0 Å². The lowest BCUT2D eigenvalue weighted by Gasteiger charge is -2.44. The van der Waals surface area contributed by atoms with Gasteiger partial charge in [-0.25, -0.2) is 4.79 Å². The van der Waals surface area contributed by atoms with Crippen molar-refractivity contribution in [1.29, 1.82) is 0 Å². The van der Waals surface area contributed by atoms with Crippen molar-refractivity contribution in [3.05, 3.63) is 29.8 Å². The van der Waals surface area contributed by atoms with Crippen molar-refractivity contribution in [2.45, 2.75) is 62.8 Å². The lowest BCUT2D eigenvalue weighted by molar-refractivity contribution is -0.116. The van der Waals surface area contributed by atoms with Crippen molar-refractivity contribution in [2.75, 3.05) is 23.7 Å². The third-order valence-electron chi connectivity index (χ3n) is 6.15. The molecule has 4 rings (SSSR count). The third-order valence-corrected chi connectivity index (χ3v) is 7.67. The van der Waals surface area contributed by atoms with Gasteiger partial charge >= 0.3 is 6.03 Å². The molecule has 5 nitrogen and oxygen atoms in total. The van der Waals surface area contributed by atoms with Gasteiger partial charge in [0, 0.05) is 24.8 Å². The molecule has 1 aliphatic carbocycles. The number of nitrogens with one attached hydrogen (secondary N) is 1. The summed E-state index contributed by atoms with van der Waals surface area (Å²) in [6.45, 7) is 3.48. The first-order valence-corrected chi connectivity index (χ1v) is 11.2. The Balaban J connectivity index is 1.42. The largest absolute Gasteiger partial charge is 0.335 e. The van der Waals surface area contributed by atoms with Gasteiger partial charge in [0.05, 0.1) is 10.6 Å². The Hall–Kier alpha value is -1.69. The summed E-state index contributed by atoms with van der Waals surface area (Å²) in [6, 6.07) is 8.61. The molecule has 146 valence electrons. The normalized spacial score (nSPS) is 23.1. The summed E-state index contributed by atoms with van der Waals surface area (Å²) in [5.74, 6) is 0.716.